The minimum absolute atomic E-state index is 0.131. The molecule has 2 aromatic heterocycles. The molecule has 188 valence electrons. The zero-order chi connectivity index (χ0) is 26.4. The number of halogens is 1. The van der Waals surface area contributed by atoms with Gasteiger partial charge in [0, 0.05) is 33.1 Å². The minimum atomic E-state index is 0.131. The Balaban J connectivity index is 1.45. The van der Waals surface area contributed by atoms with E-state index in [0.29, 0.717) is 0 Å². The summed E-state index contributed by atoms with van der Waals surface area (Å²) in [7, 11) is 0. The van der Waals surface area contributed by atoms with Gasteiger partial charge >= 0.3 is 0 Å². The summed E-state index contributed by atoms with van der Waals surface area (Å²) in [5.74, 6) is 2.47. The Kier molecular flexibility index (Phi) is 6.08. The van der Waals surface area contributed by atoms with E-state index < -0.39 is 0 Å². The summed E-state index contributed by atoms with van der Waals surface area (Å²) in [6.45, 7) is 8.88. The number of benzene rings is 4. The quantitative estimate of drug-likeness (QED) is 0.214. The fraction of sp³-hybridized carbons (Fsp3) is 0.147. The van der Waals surface area contributed by atoms with Crippen molar-refractivity contribution in [1.82, 2.24) is 9.55 Å². The second-order valence-electron chi connectivity index (χ2n) is 10.8. The second-order valence-corrected chi connectivity index (χ2v) is 11.7. The minimum Gasteiger partial charge on any atom is -0.457 e. The largest absolute Gasteiger partial charge is 0.457 e. The lowest BCUT2D eigenvalue weighted by Gasteiger charge is -2.19. The van der Waals surface area contributed by atoms with Crippen molar-refractivity contribution in [1.29, 1.82) is 0 Å². The van der Waals surface area contributed by atoms with Gasteiger partial charge in [0.1, 0.15) is 17.3 Å². The summed E-state index contributed by atoms with van der Waals surface area (Å²) < 4.78 is 9.44. The van der Waals surface area contributed by atoms with Gasteiger partial charge in [-0.05, 0) is 71.5 Å². The molecule has 6 aromatic rings. The van der Waals surface area contributed by atoms with E-state index in [9.17, 15) is 0 Å². The van der Waals surface area contributed by atoms with E-state index in [0.717, 1.165) is 38.4 Å². The normalized spacial score (nSPS) is 11.8. The van der Waals surface area contributed by atoms with Crippen LogP contribution in [0.15, 0.2) is 108 Å². The fourth-order valence-electron chi connectivity index (χ4n) is 5.04. The Bertz CT molecular complexity index is 1790. The van der Waals surface area contributed by atoms with Crippen LogP contribution in [0.1, 0.15) is 31.9 Å². The van der Waals surface area contributed by atoms with Crippen molar-refractivity contribution in [2.75, 3.05) is 0 Å². The molecule has 0 atom stereocenters. The van der Waals surface area contributed by atoms with Crippen LogP contribution >= 0.6 is 15.9 Å². The van der Waals surface area contributed by atoms with E-state index in [4.69, 9.17) is 9.72 Å². The van der Waals surface area contributed by atoms with Gasteiger partial charge in [-0.2, -0.15) is 0 Å². The number of hydrogen-bond acceptors (Lipinski definition) is 2. The number of hydrogen-bond donors (Lipinski definition) is 0. The van der Waals surface area contributed by atoms with E-state index in [1.807, 2.05) is 36.5 Å². The fourth-order valence-corrected chi connectivity index (χ4v) is 5.42. The number of aromatic nitrogens is 2. The average Bonchev–Trinajstić information content (AvgIpc) is 3.22. The Hall–Kier alpha value is -3.89. The Labute approximate surface area is 231 Å². The van der Waals surface area contributed by atoms with Crippen LogP contribution in [0.25, 0.3) is 38.8 Å². The molecular weight excluding hydrogens is 532 g/mol. The number of para-hydroxylation sites is 1. The number of nitrogens with zero attached hydrogens (tertiary/aromatic N) is 2. The smallest absolute Gasteiger partial charge is 0.137 e. The van der Waals surface area contributed by atoms with E-state index in [-0.39, 0.29) is 5.41 Å². The van der Waals surface area contributed by atoms with E-state index in [1.165, 1.54) is 27.5 Å². The zero-order valence-corrected chi connectivity index (χ0v) is 23.6. The molecule has 6 rings (SSSR count). The lowest BCUT2D eigenvalue weighted by molar-refractivity contribution is 0.483. The molecule has 38 heavy (non-hydrogen) atoms. The molecule has 0 bridgehead atoms. The molecule has 4 aromatic carbocycles. The van der Waals surface area contributed by atoms with Gasteiger partial charge in [-0.1, -0.05) is 85.2 Å². The molecule has 0 unspecified atom stereocenters. The number of rotatable bonds is 4. The number of ether oxygens (including phenoxy) is 1. The second kappa shape index (κ2) is 9.45. The maximum Gasteiger partial charge on any atom is 0.137 e. The van der Waals surface area contributed by atoms with E-state index >= 15 is 0 Å². The van der Waals surface area contributed by atoms with Crippen LogP contribution in [-0.2, 0) is 5.41 Å². The van der Waals surface area contributed by atoms with Gasteiger partial charge in [0.2, 0.25) is 0 Å². The Morgan fingerprint density at radius 2 is 1.47 bits per heavy atom. The van der Waals surface area contributed by atoms with Crippen LogP contribution in [0.2, 0.25) is 0 Å². The lowest BCUT2D eigenvalue weighted by atomic mass is 9.86. The average molecular weight is 562 g/mol. The summed E-state index contributed by atoms with van der Waals surface area (Å²) in [5.41, 5.74) is 7.16. The highest BCUT2D eigenvalue weighted by atomic mass is 79.9. The van der Waals surface area contributed by atoms with Crippen molar-refractivity contribution >= 4 is 37.7 Å². The van der Waals surface area contributed by atoms with Crippen LogP contribution in [0.5, 0.6) is 11.5 Å². The van der Waals surface area contributed by atoms with E-state index in [2.05, 4.69) is 115 Å². The Morgan fingerprint density at radius 1 is 0.737 bits per heavy atom. The van der Waals surface area contributed by atoms with E-state index in [1.54, 1.807) is 0 Å². The molecule has 0 aliphatic carbocycles. The molecule has 3 nitrogen and oxygen atoms in total. The summed E-state index contributed by atoms with van der Waals surface area (Å²) in [5, 5.41) is 2.36. The molecule has 0 N–H and O–H groups in total. The molecule has 0 saturated carbocycles. The predicted octanol–water partition coefficient (Wildman–Crippen LogP) is 10.0. The first-order valence-electron chi connectivity index (χ1n) is 12.8. The van der Waals surface area contributed by atoms with Gasteiger partial charge in [0.25, 0.3) is 0 Å². The summed E-state index contributed by atoms with van der Waals surface area (Å²) in [6, 6.07) is 33.7. The van der Waals surface area contributed by atoms with Gasteiger partial charge in [-0.15, -0.1) is 0 Å². The van der Waals surface area contributed by atoms with Gasteiger partial charge in [0.05, 0.1) is 11.0 Å². The van der Waals surface area contributed by atoms with Crippen LogP contribution in [-0.4, -0.2) is 9.55 Å². The highest BCUT2D eigenvalue weighted by Gasteiger charge is 2.16. The number of pyridine rings is 1. The number of aryl methyl sites for hydroxylation is 1. The molecular formula is C34H29BrN2O. The first-order chi connectivity index (χ1) is 18.3. The van der Waals surface area contributed by atoms with Crippen molar-refractivity contribution in [3.8, 4) is 28.4 Å². The Morgan fingerprint density at radius 3 is 2.21 bits per heavy atom. The topological polar surface area (TPSA) is 27.1 Å². The third kappa shape index (κ3) is 4.50. The van der Waals surface area contributed by atoms with Crippen molar-refractivity contribution in [3.05, 3.63) is 119 Å². The lowest BCUT2D eigenvalue weighted by Crippen LogP contribution is -2.10. The molecule has 0 radical (unpaired) electrons. The SMILES string of the molecule is Cc1cc(-n2c3ccccc3c3ccc(Oc4cccc(Br)c4)cc32)ncc1-c1ccc(C(C)(C)C)cc1. The molecule has 0 spiro atoms. The zero-order valence-electron chi connectivity index (χ0n) is 22.0. The van der Waals surface area contributed by atoms with Crippen molar-refractivity contribution in [2.24, 2.45) is 0 Å². The molecule has 0 aliphatic heterocycles. The third-order valence-corrected chi connectivity index (χ3v) is 7.56. The summed E-state index contributed by atoms with van der Waals surface area (Å²) >= 11 is 3.53. The highest BCUT2D eigenvalue weighted by molar-refractivity contribution is 9.10. The van der Waals surface area contributed by atoms with Crippen LogP contribution in [0.4, 0.5) is 0 Å². The highest BCUT2D eigenvalue weighted by Crippen LogP contribution is 2.36. The molecule has 2 heterocycles. The number of fused-ring (bicyclic) bond motifs is 3. The predicted molar refractivity (Wildman–Crippen MR) is 162 cm³/mol. The maximum absolute atomic E-state index is 6.22. The molecule has 0 amide bonds. The van der Waals surface area contributed by atoms with Gasteiger partial charge in [-0.3, -0.25) is 4.57 Å². The first-order valence-corrected chi connectivity index (χ1v) is 13.6. The third-order valence-electron chi connectivity index (χ3n) is 7.06. The van der Waals surface area contributed by atoms with Crippen LogP contribution in [0.3, 0.4) is 0 Å². The van der Waals surface area contributed by atoms with Crippen molar-refractivity contribution in [2.45, 2.75) is 33.1 Å². The van der Waals surface area contributed by atoms with Crippen molar-refractivity contribution in [3.63, 3.8) is 0 Å². The summed E-state index contributed by atoms with van der Waals surface area (Å²) in [4.78, 5) is 4.97. The van der Waals surface area contributed by atoms with Gasteiger partial charge in [-0.25, -0.2) is 4.98 Å². The monoisotopic (exact) mass is 560 g/mol. The molecule has 4 heteroatoms. The maximum atomic E-state index is 6.22. The van der Waals surface area contributed by atoms with Gasteiger partial charge < -0.3 is 4.74 Å². The van der Waals surface area contributed by atoms with Crippen LogP contribution < -0.4 is 4.74 Å². The standard InChI is InChI=1S/C34H29BrN2O/c1-22-18-33(36-21-30(22)23-12-14-24(15-13-23)34(2,3)4)37-31-11-6-5-10-28(31)29-17-16-27(20-32(29)37)38-26-9-7-8-25(35)19-26/h5-21H,1-4H3. The summed E-state index contributed by atoms with van der Waals surface area (Å²) in [6.07, 6.45) is 2.00. The van der Waals surface area contributed by atoms with Crippen LogP contribution in [0, 0.1) is 6.92 Å². The van der Waals surface area contributed by atoms with Gasteiger partial charge in [0.15, 0.2) is 0 Å². The molecule has 0 aliphatic rings. The molecule has 0 saturated heterocycles. The van der Waals surface area contributed by atoms with Crippen molar-refractivity contribution < 1.29 is 4.74 Å². The molecule has 0 fully saturated rings. The first kappa shape index (κ1) is 24.4.